The minimum absolute atomic E-state index is 0.314. The Hall–Kier alpha value is -3.35. The van der Waals surface area contributed by atoms with Crippen LogP contribution in [0.3, 0.4) is 0 Å². The number of azo groups is 1. The van der Waals surface area contributed by atoms with E-state index in [2.05, 4.69) is 28.6 Å². The molecule has 0 unspecified atom stereocenters. The average Bonchev–Trinajstić information content (AvgIpc) is 3.14. The van der Waals surface area contributed by atoms with E-state index in [-0.39, 0.29) is 5.97 Å². The van der Waals surface area contributed by atoms with Crippen LogP contribution in [-0.2, 0) is 26.7 Å². The van der Waals surface area contributed by atoms with Crippen LogP contribution in [0, 0.1) is 0 Å². The zero-order chi connectivity index (χ0) is 26.9. The number of hydrogen-bond acceptors (Lipinski definition) is 10. The second-order valence-electron chi connectivity index (χ2n) is 7.69. The second kappa shape index (κ2) is 13.1. The number of carbonyl (C=O) groups is 1. The molecule has 0 aliphatic carbocycles. The van der Waals surface area contributed by atoms with E-state index >= 15 is 0 Å². The Kier molecular flexibility index (Phi) is 10.5. The number of fused-ring (bicyclic) bond motifs is 1. The smallest absolute Gasteiger partial charge is 0.409 e. The summed E-state index contributed by atoms with van der Waals surface area (Å²) in [5.41, 5.74) is 3.29. The van der Waals surface area contributed by atoms with Crippen molar-refractivity contribution in [2.45, 2.75) is 13.8 Å². The number of anilines is 1. The van der Waals surface area contributed by atoms with Crippen LogP contribution < -0.4 is 14.2 Å². The molecule has 0 spiro atoms. The van der Waals surface area contributed by atoms with Gasteiger partial charge in [-0.25, -0.2) is 17.8 Å². The first-order valence-electron chi connectivity index (χ1n) is 10.9. The average molecular weight is 535 g/mol. The molecule has 0 amide bonds. The largest absolute Gasteiger partial charge is 0.748 e. The fourth-order valence-electron chi connectivity index (χ4n) is 3.01. The Morgan fingerprint density at radius 3 is 2.39 bits per heavy atom. The van der Waals surface area contributed by atoms with Gasteiger partial charge in [-0.05, 0) is 66.7 Å². The highest BCUT2D eigenvalue weighted by molar-refractivity contribution is 7.84. The number of carbonyl (C=O) groups excluding carboxylic acids is 1. The maximum Gasteiger partial charge on any atom is 0.409 e. The van der Waals surface area contributed by atoms with Crippen LogP contribution in [0.5, 0.6) is 5.75 Å². The molecule has 194 valence electrons. The van der Waals surface area contributed by atoms with Gasteiger partial charge < -0.3 is 18.9 Å². The van der Waals surface area contributed by atoms with Gasteiger partial charge in [0, 0.05) is 30.1 Å². The molecule has 0 saturated heterocycles. The third-order valence-corrected chi connectivity index (χ3v) is 5.89. The lowest BCUT2D eigenvalue weighted by atomic mass is 10.2. The Morgan fingerprint density at radius 1 is 1.19 bits per heavy atom. The van der Waals surface area contributed by atoms with Crippen LogP contribution in [0.1, 0.15) is 13.8 Å². The summed E-state index contributed by atoms with van der Waals surface area (Å²) in [6, 6.07) is 13.8. The minimum Gasteiger partial charge on any atom is -0.748 e. The number of rotatable bonds is 9. The first-order chi connectivity index (χ1) is 16.9. The Bertz CT molecular complexity index is 1330. The van der Waals surface area contributed by atoms with Gasteiger partial charge in [-0.3, -0.25) is 0 Å². The fourth-order valence-corrected chi connectivity index (χ4v) is 4.01. The molecule has 0 atom stereocenters. The third-order valence-electron chi connectivity index (χ3n) is 4.81. The highest BCUT2D eigenvalue weighted by Gasteiger charge is 2.16. The van der Waals surface area contributed by atoms with Gasteiger partial charge in [-0.1, -0.05) is 6.58 Å². The number of hydrogen-bond donors (Lipinski definition) is 0. The number of esters is 1. The monoisotopic (exact) mass is 534 g/mol. The van der Waals surface area contributed by atoms with Crippen LogP contribution in [0.4, 0.5) is 16.5 Å². The normalized spacial score (nSPS) is 11.2. The van der Waals surface area contributed by atoms with Crippen molar-refractivity contribution in [1.29, 1.82) is 0 Å². The molecule has 3 aromatic rings. The molecule has 12 heteroatoms. The van der Waals surface area contributed by atoms with Gasteiger partial charge >= 0.3 is 11.1 Å². The predicted molar refractivity (Wildman–Crippen MR) is 139 cm³/mol. The van der Waals surface area contributed by atoms with Crippen molar-refractivity contribution in [3.63, 3.8) is 0 Å². The third kappa shape index (κ3) is 9.02. The lowest BCUT2D eigenvalue weighted by molar-refractivity contribution is -0.627. The van der Waals surface area contributed by atoms with Crippen molar-refractivity contribution in [2.75, 3.05) is 38.0 Å². The van der Waals surface area contributed by atoms with E-state index in [1.54, 1.807) is 25.4 Å². The van der Waals surface area contributed by atoms with Crippen molar-refractivity contribution in [3.8, 4) is 5.75 Å². The molecule has 0 N–H and O–H groups in total. The zero-order valence-electron chi connectivity index (χ0n) is 20.9. The molecular weight excluding hydrogens is 504 g/mol. The lowest BCUT2D eigenvalue weighted by Crippen LogP contribution is -2.28. The number of methoxy groups -OCH3 is 1. The number of benzene rings is 2. The van der Waals surface area contributed by atoms with Crippen molar-refractivity contribution < 1.29 is 31.8 Å². The molecule has 0 aliphatic heterocycles. The summed E-state index contributed by atoms with van der Waals surface area (Å²) < 4.78 is 40.8. The molecule has 10 nitrogen and oxygen atoms in total. The second-order valence-corrected chi connectivity index (χ2v) is 10.1. The number of thiazole rings is 1. The number of nitrogens with zero attached hydrogens (tertiary/aromatic N) is 4. The molecule has 0 radical (unpaired) electrons. The van der Waals surface area contributed by atoms with Crippen molar-refractivity contribution in [1.82, 2.24) is 0 Å². The van der Waals surface area contributed by atoms with Crippen LogP contribution in [0.2, 0.25) is 0 Å². The molecule has 1 heterocycles. The van der Waals surface area contributed by atoms with Gasteiger partial charge in [0.2, 0.25) is 0 Å². The summed E-state index contributed by atoms with van der Waals surface area (Å²) in [7, 11) is -0.282. The maximum atomic E-state index is 11.5. The van der Waals surface area contributed by atoms with E-state index in [9.17, 15) is 4.79 Å². The van der Waals surface area contributed by atoms with Crippen molar-refractivity contribution >= 4 is 54.1 Å². The molecular formula is C24H30N4O6S2. The van der Waals surface area contributed by atoms with E-state index in [1.807, 2.05) is 54.1 Å². The van der Waals surface area contributed by atoms with Crippen LogP contribution in [0.25, 0.3) is 10.2 Å². The number of aromatic nitrogens is 1. The quantitative estimate of drug-likeness (QED) is 0.132. The lowest BCUT2D eigenvalue weighted by Gasteiger charge is -2.22. The number of likely N-dealkylation sites (N-methyl/N-ethyl adjacent to an activating group) is 1. The molecule has 0 saturated carbocycles. The molecule has 1 aromatic heterocycles. The molecule has 0 bridgehead atoms. The van der Waals surface area contributed by atoms with Crippen LogP contribution in [0.15, 0.2) is 64.8 Å². The standard InChI is InChI=1S/C23H27N4O3S.CH4O3S/c1-6-27(13-14-30-22(28)16(2)3)18-9-7-17(8-10-18)24-25-23-26(4)20-12-11-19(29-5)15-21(20)31-23;1-5(2,3)4/h7-12,15H,2,6,13-14H2,1,3-5H3;1H3,(H,2,3,4)/q+1;/p-1. The summed E-state index contributed by atoms with van der Waals surface area (Å²) in [5, 5.41) is 9.63. The summed E-state index contributed by atoms with van der Waals surface area (Å²) in [6.07, 6.45) is 0.604. The Balaban J connectivity index is 0.000000830. The minimum atomic E-state index is -3.92. The van der Waals surface area contributed by atoms with Gasteiger partial charge in [0.25, 0.3) is 0 Å². The zero-order valence-corrected chi connectivity index (χ0v) is 22.6. The van der Waals surface area contributed by atoms with Crippen LogP contribution >= 0.6 is 11.3 Å². The van der Waals surface area contributed by atoms with Crippen LogP contribution in [-0.4, -0.2) is 52.0 Å². The molecule has 0 fully saturated rings. The van der Waals surface area contributed by atoms with Gasteiger partial charge in [0.15, 0.2) is 0 Å². The van der Waals surface area contributed by atoms with E-state index < -0.39 is 10.1 Å². The van der Waals surface area contributed by atoms with E-state index in [0.717, 1.165) is 39.0 Å². The summed E-state index contributed by atoms with van der Waals surface area (Å²) in [5.74, 6) is 0.461. The van der Waals surface area contributed by atoms with E-state index in [1.165, 1.54) is 0 Å². The Labute approximate surface area is 215 Å². The first kappa shape index (κ1) is 28.9. The fraction of sp³-hybridized carbons (Fsp3) is 0.333. The van der Waals surface area contributed by atoms with Gasteiger partial charge in [0.1, 0.15) is 23.6 Å². The van der Waals surface area contributed by atoms with Crippen molar-refractivity contribution in [2.24, 2.45) is 17.3 Å². The first-order valence-corrected chi connectivity index (χ1v) is 13.5. The summed E-state index contributed by atoms with van der Waals surface area (Å²) >= 11 is 1.56. The Morgan fingerprint density at radius 2 is 1.83 bits per heavy atom. The SMILES string of the molecule is C=C(C)C(=O)OCCN(CC)c1ccc(N=Nc2sc3cc(OC)ccc3[n+]2C)cc1.CS(=O)(=O)[O-]. The van der Waals surface area contributed by atoms with Gasteiger partial charge in [-0.2, -0.15) is 0 Å². The van der Waals surface area contributed by atoms with Gasteiger partial charge in [-0.15, -0.1) is 0 Å². The predicted octanol–water partition coefficient (Wildman–Crippen LogP) is 4.26. The van der Waals surface area contributed by atoms with E-state index in [4.69, 9.17) is 22.4 Å². The molecule has 36 heavy (non-hydrogen) atoms. The van der Waals surface area contributed by atoms with E-state index in [0.29, 0.717) is 25.0 Å². The van der Waals surface area contributed by atoms with Gasteiger partial charge in [0.05, 0.1) is 40.6 Å². The number of ether oxygens (including phenoxy) is 2. The summed E-state index contributed by atoms with van der Waals surface area (Å²) in [4.78, 5) is 13.7. The highest BCUT2D eigenvalue weighted by Crippen LogP contribution is 2.30. The number of aryl methyl sites for hydroxylation is 1. The highest BCUT2D eigenvalue weighted by atomic mass is 32.2. The summed E-state index contributed by atoms with van der Waals surface area (Å²) in [6.45, 7) is 9.01. The maximum absolute atomic E-state index is 11.5. The molecule has 3 rings (SSSR count). The van der Waals surface area contributed by atoms with Crippen molar-refractivity contribution in [3.05, 3.63) is 54.6 Å². The molecule has 0 aliphatic rings. The topological polar surface area (TPSA) is 125 Å². The molecule has 2 aromatic carbocycles.